The van der Waals surface area contributed by atoms with Gasteiger partial charge >= 0.3 is 0 Å². The van der Waals surface area contributed by atoms with Crippen LogP contribution in [0.15, 0.2) is 35.4 Å². The highest BCUT2D eigenvalue weighted by Gasteiger charge is 1.98. The zero-order valence-electron chi connectivity index (χ0n) is 7.40. The van der Waals surface area contributed by atoms with Crippen molar-refractivity contribution in [3.8, 4) is 0 Å². The Labute approximate surface area is 76.2 Å². The van der Waals surface area contributed by atoms with Gasteiger partial charge < -0.3 is 14.3 Å². The van der Waals surface area contributed by atoms with Crippen LogP contribution in [0.2, 0.25) is 0 Å². The number of aryl methyl sites for hydroxylation is 1. The highest BCUT2D eigenvalue weighted by molar-refractivity contribution is 5.27. The molecule has 4 nitrogen and oxygen atoms in total. The van der Waals surface area contributed by atoms with Crippen molar-refractivity contribution in [2.24, 2.45) is 7.05 Å². The van der Waals surface area contributed by atoms with Crippen molar-refractivity contribution in [2.75, 3.05) is 5.32 Å². The van der Waals surface area contributed by atoms with E-state index in [2.05, 4.69) is 10.3 Å². The maximum absolute atomic E-state index is 4.95. The Balaban J connectivity index is 1.97. The lowest BCUT2D eigenvalue weighted by atomic mass is 10.3. The fraction of sp³-hybridized carbons (Fsp3) is 0.222. The molecule has 68 valence electrons. The molecule has 0 radical (unpaired) electrons. The van der Waals surface area contributed by atoms with Gasteiger partial charge in [0, 0.05) is 31.5 Å². The molecule has 0 aliphatic carbocycles. The first-order valence-corrected chi connectivity index (χ1v) is 4.08. The Bertz CT molecular complexity index is 364. The van der Waals surface area contributed by atoms with Crippen LogP contribution in [0.25, 0.3) is 0 Å². The van der Waals surface area contributed by atoms with Gasteiger partial charge in [0.2, 0.25) is 5.95 Å². The normalized spacial score (nSPS) is 10.2. The van der Waals surface area contributed by atoms with Gasteiger partial charge in [0.1, 0.15) is 0 Å². The maximum atomic E-state index is 4.95. The minimum Gasteiger partial charge on any atom is -0.472 e. The van der Waals surface area contributed by atoms with Crippen molar-refractivity contribution in [3.63, 3.8) is 0 Å². The monoisotopic (exact) mass is 177 g/mol. The minimum atomic E-state index is 0.737. The third-order valence-electron chi connectivity index (χ3n) is 1.85. The number of imidazole rings is 1. The van der Waals surface area contributed by atoms with Crippen LogP contribution in [0.1, 0.15) is 5.56 Å². The number of hydrogen-bond acceptors (Lipinski definition) is 3. The summed E-state index contributed by atoms with van der Waals surface area (Å²) in [5, 5.41) is 3.19. The number of anilines is 1. The van der Waals surface area contributed by atoms with Crippen molar-refractivity contribution in [1.29, 1.82) is 0 Å². The van der Waals surface area contributed by atoms with Gasteiger partial charge in [-0.3, -0.25) is 0 Å². The molecule has 0 spiro atoms. The Morgan fingerprint density at radius 3 is 3.15 bits per heavy atom. The van der Waals surface area contributed by atoms with Crippen LogP contribution in [0, 0.1) is 0 Å². The molecule has 0 bridgehead atoms. The summed E-state index contributed by atoms with van der Waals surface area (Å²) in [6.07, 6.45) is 7.04. The van der Waals surface area contributed by atoms with E-state index in [4.69, 9.17) is 4.42 Å². The van der Waals surface area contributed by atoms with E-state index in [1.165, 1.54) is 0 Å². The second-order valence-electron chi connectivity index (χ2n) is 2.85. The van der Waals surface area contributed by atoms with Crippen LogP contribution < -0.4 is 5.32 Å². The quantitative estimate of drug-likeness (QED) is 0.774. The molecule has 0 fully saturated rings. The van der Waals surface area contributed by atoms with Crippen LogP contribution in [0.5, 0.6) is 0 Å². The third kappa shape index (κ3) is 1.72. The van der Waals surface area contributed by atoms with Crippen molar-refractivity contribution >= 4 is 5.95 Å². The van der Waals surface area contributed by atoms with Crippen LogP contribution in [-0.2, 0) is 13.6 Å². The number of nitrogens with one attached hydrogen (secondary N) is 1. The van der Waals surface area contributed by atoms with Gasteiger partial charge in [0.05, 0.1) is 12.5 Å². The summed E-state index contributed by atoms with van der Waals surface area (Å²) in [5.41, 5.74) is 1.11. The lowest BCUT2D eigenvalue weighted by Gasteiger charge is -2.02. The first-order valence-electron chi connectivity index (χ1n) is 4.08. The predicted molar refractivity (Wildman–Crippen MR) is 49.2 cm³/mol. The van der Waals surface area contributed by atoms with E-state index in [-0.39, 0.29) is 0 Å². The summed E-state index contributed by atoms with van der Waals surface area (Å²) in [6, 6.07) is 1.93. The lowest BCUT2D eigenvalue weighted by molar-refractivity contribution is 0.564. The molecule has 0 unspecified atom stereocenters. The highest BCUT2D eigenvalue weighted by Crippen LogP contribution is 2.05. The standard InChI is InChI=1S/C9H11N3O/c1-12-4-3-10-9(12)11-6-8-2-5-13-7-8/h2-5,7H,6H2,1H3,(H,10,11). The lowest BCUT2D eigenvalue weighted by Crippen LogP contribution is -2.03. The minimum absolute atomic E-state index is 0.737. The van der Waals surface area contributed by atoms with E-state index in [9.17, 15) is 0 Å². The van der Waals surface area contributed by atoms with E-state index in [1.807, 2.05) is 23.9 Å². The van der Waals surface area contributed by atoms with Gasteiger partial charge in [-0.25, -0.2) is 4.98 Å². The Morgan fingerprint density at radius 1 is 1.62 bits per heavy atom. The van der Waals surface area contributed by atoms with Crippen molar-refractivity contribution in [3.05, 3.63) is 36.5 Å². The molecule has 4 heteroatoms. The Kier molecular flexibility index (Phi) is 2.04. The number of furan rings is 1. The van der Waals surface area contributed by atoms with E-state index >= 15 is 0 Å². The van der Waals surface area contributed by atoms with Gasteiger partial charge in [-0.05, 0) is 6.07 Å². The molecule has 0 aromatic carbocycles. The molecule has 2 aromatic heterocycles. The van der Waals surface area contributed by atoms with Gasteiger partial charge in [-0.2, -0.15) is 0 Å². The molecule has 13 heavy (non-hydrogen) atoms. The summed E-state index contributed by atoms with van der Waals surface area (Å²) in [7, 11) is 1.95. The molecule has 0 amide bonds. The average molecular weight is 177 g/mol. The second-order valence-corrected chi connectivity index (χ2v) is 2.85. The first kappa shape index (κ1) is 7.91. The molecular formula is C9H11N3O. The zero-order chi connectivity index (χ0) is 9.10. The van der Waals surface area contributed by atoms with Crippen LogP contribution in [0.3, 0.4) is 0 Å². The fourth-order valence-electron chi connectivity index (χ4n) is 1.11. The van der Waals surface area contributed by atoms with Crippen LogP contribution in [-0.4, -0.2) is 9.55 Å². The maximum Gasteiger partial charge on any atom is 0.202 e. The topological polar surface area (TPSA) is 43.0 Å². The molecule has 0 saturated heterocycles. The van der Waals surface area contributed by atoms with Gasteiger partial charge in [-0.15, -0.1) is 0 Å². The fourth-order valence-corrected chi connectivity index (χ4v) is 1.11. The summed E-state index contributed by atoms with van der Waals surface area (Å²) in [5.74, 6) is 0.862. The summed E-state index contributed by atoms with van der Waals surface area (Å²) in [6.45, 7) is 0.737. The highest BCUT2D eigenvalue weighted by atomic mass is 16.3. The zero-order valence-corrected chi connectivity index (χ0v) is 7.40. The Hall–Kier alpha value is -1.71. The molecule has 2 aromatic rings. The molecular weight excluding hydrogens is 166 g/mol. The summed E-state index contributed by atoms with van der Waals surface area (Å²) < 4.78 is 6.88. The number of aromatic nitrogens is 2. The van der Waals surface area contributed by atoms with Gasteiger partial charge in [0.15, 0.2) is 0 Å². The average Bonchev–Trinajstić information content (AvgIpc) is 2.72. The molecule has 2 rings (SSSR count). The molecule has 0 aliphatic rings. The van der Waals surface area contributed by atoms with E-state index in [1.54, 1.807) is 18.7 Å². The number of nitrogens with zero attached hydrogens (tertiary/aromatic N) is 2. The molecule has 1 N–H and O–H groups in total. The van der Waals surface area contributed by atoms with E-state index in [0.717, 1.165) is 18.1 Å². The van der Waals surface area contributed by atoms with Crippen molar-refractivity contribution in [1.82, 2.24) is 9.55 Å². The van der Waals surface area contributed by atoms with Crippen molar-refractivity contribution < 1.29 is 4.42 Å². The van der Waals surface area contributed by atoms with Gasteiger partial charge in [-0.1, -0.05) is 0 Å². The molecule has 2 heterocycles. The number of hydrogen-bond donors (Lipinski definition) is 1. The molecule has 0 saturated carbocycles. The smallest absolute Gasteiger partial charge is 0.202 e. The Morgan fingerprint density at radius 2 is 2.54 bits per heavy atom. The largest absolute Gasteiger partial charge is 0.472 e. The molecule has 0 aliphatic heterocycles. The SMILES string of the molecule is Cn1ccnc1NCc1ccoc1. The van der Waals surface area contributed by atoms with E-state index < -0.39 is 0 Å². The van der Waals surface area contributed by atoms with Crippen LogP contribution in [0.4, 0.5) is 5.95 Å². The van der Waals surface area contributed by atoms with Crippen molar-refractivity contribution in [2.45, 2.75) is 6.54 Å². The van der Waals surface area contributed by atoms with Gasteiger partial charge in [0.25, 0.3) is 0 Å². The summed E-state index contributed by atoms with van der Waals surface area (Å²) >= 11 is 0. The van der Waals surface area contributed by atoms with Crippen LogP contribution >= 0.6 is 0 Å². The molecule has 0 atom stereocenters. The predicted octanol–water partition coefficient (Wildman–Crippen LogP) is 1.63. The van der Waals surface area contributed by atoms with E-state index in [0.29, 0.717) is 0 Å². The first-order chi connectivity index (χ1) is 6.36. The third-order valence-corrected chi connectivity index (χ3v) is 1.85. The number of rotatable bonds is 3. The summed E-state index contributed by atoms with van der Waals surface area (Å²) in [4.78, 5) is 4.14. The second kappa shape index (κ2) is 3.35.